The minimum atomic E-state index is -1.39. The number of piperidine rings is 1. The molecule has 1 fully saturated rings. The standard InChI is InChI=1S/C19H21N3O6/c1-19(2)17(21(25)26)15(11-7-3-5-9-13(11)23)20-16(18(19)22(27)28)12-8-4-6-10-14(12)24/h3-10,15-18,20,23-24H,1-2H3/t15-,16-,17+,18+/m1/s1. The molecule has 2 aromatic rings. The lowest BCUT2D eigenvalue weighted by Gasteiger charge is -2.44. The van der Waals surface area contributed by atoms with Gasteiger partial charge in [-0.05, 0) is 26.0 Å². The van der Waals surface area contributed by atoms with Crippen LogP contribution in [0.1, 0.15) is 37.1 Å². The van der Waals surface area contributed by atoms with Gasteiger partial charge in [-0.15, -0.1) is 0 Å². The summed E-state index contributed by atoms with van der Waals surface area (Å²) in [4.78, 5) is 22.8. The summed E-state index contributed by atoms with van der Waals surface area (Å²) in [5, 5.41) is 47.4. The summed E-state index contributed by atoms with van der Waals surface area (Å²) in [7, 11) is 0. The van der Waals surface area contributed by atoms with Gasteiger partial charge in [0.1, 0.15) is 29.0 Å². The molecule has 2 aromatic carbocycles. The van der Waals surface area contributed by atoms with Gasteiger partial charge in [-0.25, -0.2) is 0 Å². The molecule has 3 N–H and O–H groups in total. The molecule has 28 heavy (non-hydrogen) atoms. The van der Waals surface area contributed by atoms with E-state index in [1.54, 1.807) is 36.4 Å². The van der Waals surface area contributed by atoms with Crippen molar-refractivity contribution in [1.82, 2.24) is 5.32 Å². The topological polar surface area (TPSA) is 139 Å². The van der Waals surface area contributed by atoms with Crippen LogP contribution in [0.4, 0.5) is 0 Å². The lowest BCUT2D eigenvalue weighted by Crippen LogP contribution is -2.63. The average molecular weight is 387 g/mol. The third-order valence-corrected chi connectivity index (χ3v) is 5.51. The minimum absolute atomic E-state index is 0.141. The molecule has 0 aromatic heterocycles. The number of phenolic OH excluding ortho intramolecular Hbond substituents is 2. The Morgan fingerprint density at radius 1 is 0.821 bits per heavy atom. The van der Waals surface area contributed by atoms with Crippen LogP contribution in [0.3, 0.4) is 0 Å². The summed E-state index contributed by atoms with van der Waals surface area (Å²) in [5.41, 5.74) is -0.836. The van der Waals surface area contributed by atoms with Gasteiger partial charge in [0.2, 0.25) is 12.1 Å². The van der Waals surface area contributed by atoms with Gasteiger partial charge in [-0.2, -0.15) is 0 Å². The highest BCUT2D eigenvalue weighted by atomic mass is 16.6. The lowest BCUT2D eigenvalue weighted by molar-refractivity contribution is -0.605. The molecule has 0 amide bonds. The van der Waals surface area contributed by atoms with Gasteiger partial charge in [-0.1, -0.05) is 36.4 Å². The molecule has 148 valence electrons. The van der Waals surface area contributed by atoms with E-state index in [0.717, 1.165) is 0 Å². The van der Waals surface area contributed by atoms with E-state index in [1.807, 2.05) is 0 Å². The van der Waals surface area contributed by atoms with E-state index < -0.39 is 39.4 Å². The third kappa shape index (κ3) is 3.13. The number of hydrogen-bond acceptors (Lipinski definition) is 7. The number of benzene rings is 2. The van der Waals surface area contributed by atoms with Gasteiger partial charge in [-0.3, -0.25) is 25.5 Å². The van der Waals surface area contributed by atoms with Crippen molar-refractivity contribution in [3.05, 3.63) is 79.9 Å². The molecule has 1 aliphatic heterocycles. The quantitative estimate of drug-likeness (QED) is 0.541. The van der Waals surface area contributed by atoms with Crippen LogP contribution >= 0.6 is 0 Å². The predicted octanol–water partition coefficient (Wildman–Crippen LogP) is 2.80. The molecule has 1 saturated heterocycles. The summed E-state index contributed by atoms with van der Waals surface area (Å²) >= 11 is 0. The SMILES string of the molecule is CC1(C)[C@@H]([N+](=O)[O-])[C@@H](c2ccccc2O)N[C@H](c2ccccc2O)[C@@H]1[N+](=O)[O-]. The Morgan fingerprint density at radius 2 is 1.18 bits per heavy atom. The summed E-state index contributed by atoms with van der Waals surface area (Å²) in [6.07, 6.45) is 0. The fraction of sp³-hybridized carbons (Fsp3) is 0.368. The normalized spacial score (nSPS) is 26.5. The number of nitrogens with zero attached hydrogens (tertiary/aromatic N) is 2. The number of nitrogens with one attached hydrogen (secondary N) is 1. The Balaban J connectivity index is 2.21. The van der Waals surface area contributed by atoms with E-state index in [4.69, 9.17) is 0 Å². The van der Waals surface area contributed by atoms with Gasteiger partial charge in [0, 0.05) is 21.0 Å². The van der Waals surface area contributed by atoms with Gasteiger partial charge in [0.05, 0.1) is 0 Å². The first-order chi connectivity index (χ1) is 13.2. The molecule has 9 heteroatoms. The average Bonchev–Trinajstić information content (AvgIpc) is 2.60. The first-order valence-corrected chi connectivity index (χ1v) is 8.75. The van der Waals surface area contributed by atoms with E-state index in [0.29, 0.717) is 0 Å². The molecule has 1 heterocycles. The second kappa shape index (κ2) is 7.08. The van der Waals surface area contributed by atoms with Crippen LogP contribution in [0, 0.1) is 25.6 Å². The largest absolute Gasteiger partial charge is 0.508 e. The fourth-order valence-electron chi connectivity index (χ4n) is 4.22. The van der Waals surface area contributed by atoms with Crippen molar-refractivity contribution in [2.45, 2.75) is 38.0 Å². The highest BCUT2D eigenvalue weighted by Crippen LogP contribution is 2.49. The molecular weight excluding hydrogens is 366 g/mol. The minimum Gasteiger partial charge on any atom is -0.508 e. The van der Waals surface area contributed by atoms with E-state index in [9.17, 15) is 30.4 Å². The Hall–Kier alpha value is -3.20. The lowest BCUT2D eigenvalue weighted by atomic mass is 9.66. The van der Waals surface area contributed by atoms with Crippen LogP contribution in [0.5, 0.6) is 11.5 Å². The van der Waals surface area contributed by atoms with Crippen molar-refractivity contribution in [2.75, 3.05) is 0 Å². The Bertz CT molecular complexity index is 845. The van der Waals surface area contributed by atoms with E-state index >= 15 is 0 Å². The van der Waals surface area contributed by atoms with Crippen molar-refractivity contribution in [2.24, 2.45) is 5.41 Å². The van der Waals surface area contributed by atoms with Crippen molar-refractivity contribution in [1.29, 1.82) is 0 Å². The monoisotopic (exact) mass is 387 g/mol. The third-order valence-electron chi connectivity index (χ3n) is 5.51. The molecule has 1 aliphatic rings. The van der Waals surface area contributed by atoms with Crippen molar-refractivity contribution in [3.63, 3.8) is 0 Å². The molecule has 9 nitrogen and oxygen atoms in total. The molecule has 0 unspecified atom stereocenters. The molecule has 4 atom stereocenters. The zero-order valence-corrected chi connectivity index (χ0v) is 15.4. The molecule has 0 bridgehead atoms. The number of aromatic hydroxyl groups is 2. The molecule has 0 saturated carbocycles. The smallest absolute Gasteiger partial charge is 0.244 e. The zero-order valence-electron chi connectivity index (χ0n) is 15.4. The van der Waals surface area contributed by atoms with Crippen LogP contribution in [-0.4, -0.2) is 32.1 Å². The molecule has 0 aliphatic carbocycles. The highest BCUT2D eigenvalue weighted by Gasteiger charge is 2.63. The maximum absolute atomic E-state index is 12.0. The Morgan fingerprint density at radius 3 is 1.50 bits per heavy atom. The maximum Gasteiger partial charge on any atom is 0.244 e. The Labute approximate surface area is 160 Å². The van der Waals surface area contributed by atoms with Gasteiger partial charge in [0.15, 0.2) is 0 Å². The molecule has 0 spiro atoms. The van der Waals surface area contributed by atoms with Crippen molar-refractivity contribution in [3.8, 4) is 11.5 Å². The summed E-state index contributed by atoms with van der Waals surface area (Å²) in [6, 6.07) is 7.64. The highest BCUT2D eigenvalue weighted by molar-refractivity contribution is 5.40. The van der Waals surface area contributed by atoms with Gasteiger partial charge < -0.3 is 10.2 Å². The fourth-order valence-corrected chi connectivity index (χ4v) is 4.22. The van der Waals surface area contributed by atoms with Crippen molar-refractivity contribution >= 4 is 0 Å². The number of hydrogen-bond donors (Lipinski definition) is 3. The number of nitro groups is 2. The van der Waals surface area contributed by atoms with Crippen LogP contribution < -0.4 is 5.32 Å². The van der Waals surface area contributed by atoms with E-state index in [-0.39, 0.29) is 22.6 Å². The molecular formula is C19H21N3O6. The van der Waals surface area contributed by atoms with Gasteiger partial charge in [0.25, 0.3) is 0 Å². The van der Waals surface area contributed by atoms with Crippen LogP contribution in [0.2, 0.25) is 0 Å². The number of phenols is 2. The number of rotatable bonds is 4. The Kier molecular flexibility index (Phi) is 4.95. The second-order valence-electron chi connectivity index (χ2n) is 7.52. The molecule has 3 rings (SSSR count). The second-order valence-corrected chi connectivity index (χ2v) is 7.52. The maximum atomic E-state index is 12.0. The van der Waals surface area contributed by atoms with Crippen LogP contribution in [-0.2, 0) is 0 Å². The van der Waals surface area contributed by atoms with E-state index in [1.165, 1.54) is 26.0 Å². The van der Waals surface area contributed by atoms with E-state index in [2.05, 4.69) is 5.32 Å². The zero-order chi connectivity index (χ0) is 20.6. The summed E-state index contributed by atoms with van der Waals surface area (Å²) in [6.45, 7) is 2.96. The summed E-state index contributed by atoms with van der Waals surface area (Å²) < 4.78 is 0. The molecule has 0 radical (unpaired) electrons. The van der Waals surface area contributed by atoms with Crippen LogP contribution in [0.15, 0.2) is 48.5 Å². The predicted molar refractivity (Wildman–Crippen MR) is 100 cm³/mol. The first kappa shape index (κ1) is 19.6. The summed E-state index contributed by atoms with van der Waals surface area (Å²) in [5.74, 6) is -0.281. The number of para-hydroxylation sites is 2. The van der Waals surface area contributed by atoms with Crippen molar-refractivity contribution < 1.29 is 20.1 Å². The van der Waals surface area contributed by atoms with Gasteiger partial charge >= 0.3 is 0 Å². The first-order valence-electron chi connectivity index (χ1n) is 8.75. The van der Waals surface area contributed by atoms with Crippen LogP contribution in [0.25, 0.3) is 0 Å².